The summed E-state index contributed by atoms with van der Waals surface area (Å²) in [4.78, 5) is 0.896. The lowest BCUT2D eigenvalue weighted by Gasteiger charge is -2.26. The second-order valence-electron chi connectivity index (χ2n) is 5.00. The number of sulfonamides is 1. The van der Waals surface area contributed by atoms with Gasteiger partial charge in [-0.1, -0.05) is 6.92 Å². The van der Waals surface area contributed by atoms with E-state index in [0.29, 0.717) is 10.8 Å². The lowest BCUT2D eigenvalue weighted by atomic mass is 9.88. The van der Waals surface area contributed by atoms with Gasteiger partial charge in [-0.05, 0) is 43.7 Å². The Morgan fingerprint density at radius 2 is 2.00 bits per heavy atom. The molecule has 1 aliphatic carbocycles. The van der Waals surface area contributed by atoms with Crippen LogP contribution in [0, 0.1) is 5.92 Å². The van der Waals surface area contributed by atoms with Gasteiger partial charge in [-0.25, -0.2) is 13.1 Å². The minimum Gasteiger partial charge on any atom is -0.326 e. The molecule has 1 heterocycles. The molecule has 4 nitrogen and oxygen atoms in total. The van der Waals surface area contributed by atoms with Crippen molar-refractivity contribution in [3.63, 3.8) is 0 Å². The molecule has 0 radical (unpaired) electrons. The first-order valence-electron chi connectivity index (χ1n) is 6.32. The zero-order chi connectivity index (χ0) is 13.2. The molecule has 0 saturated heterocycles. The van der Waals surface area contributed by atoms with Gasteiger partial charge in [0.25, 0.3) is 0 Å². The Kier molecular flexibility index (Phi) is 4.42. The van der Waals surface area contributed by atoms with Crippen LogP contribution < -0.4 is 10.5 Å². The second-order valence-corrected chi connectivity index (χ2v) is 8.11. The highest BCUT2D eigenvalue weighted by Gasteiger charge is 2.24. The summed E-state index contributed by atoms with van der Waals surface area (Å²) in [5, 5.41) is 0. The van der Waals surface area contributed by atoms with E-state index in [1.807, 2.05) is 0 Å². The quantitative estimate of drug-likeness (QED) is 0.891. The van der Waals surface area contributed by atoms with Gasteiger partial charge >= 0.3 is 0 Å². The molecular formula is C12H20N2O2S2. The molecule has 0 aromatic carbocycles. The summed E-state index contributed by atoms with van der Waals surface area (Å²) in [6.07, 6.45) is 4.09. The molecule has 0 amide bonds. The fourth-order valence-corrected chi connectivity index (χ4v) is 4.82. The van der Waals surface area contributed by atoms with Crippen LogP contribution in [0.5, 0.6) is 0 Å². The summed E-state index contributed by atoms with van der Waals surface area (Å²) < 4.78 is 27.5. The van der Waals surface area contributed by atoms with E-state index in [9.17, 15) is 8.42 Å². The second kappa shape index (κ2) is 5.69. The average Bonchev–Trinajstić information content (AvgIpc) is 2.81. The van der Waals surface area contributed by atoms with E-state index in [2.05, 4.69) is 11.6 Å². The lowest BCUT2D eigenvalue weighted by molar-refractivity contribution is 0.332. The average molecular weight is 288 g/mol. The SMILES string of the molecule is CC1CCC(NS(=O)(=O)c2ccc(CN)s2)CC1. The van der Waals surface area contributed by atoms with E-state index in [4.69, 9.17) is 5.73 Å². The molecule has 3 N–H and O–H groups in total. The van der Waals surface area contributed by atoms with Gasteiger partial charge in [0.1, 0.15) is 4.21 Å². The first-order chi connectivity index (χ1) is 8.51. The van der Waals surface area contributed by atoms with E-state index < -0.39 is 10.0 Å². The molecule has 2 rings (SSSR count). The molecule has 102 valence electrons. The standard InChI is InChI=1S/C12H20N2O2S2/c1-9-2-4-10(5-3-9)14-18(15,16)12-7-6-11(8-13)17-12/h6-7,9-10,14H,2-5,8,13H2,1H3. The predicted molar refractivity (Wildman–Crippen MR) is 74.0 cm³/mol. The highest BCUT2D eigenvalue weighted by Crippen LogP contribution is 2.26. The Bertz CT molecular complexity index is 488. The molecule has 0 unspecified atom stereocenters. The van der Waals surface area contributed by atoms with Gasteiger partial charge in [0.05, 0.1) is 0 Å². The first-order valence-corrected chi connectivity index (χ1v) is 8.62. The topological polar surface area (TPSA) is 72.2 Å². The molecule has 0 atom stereocenters. The maximum Gasteiger partial charge on any atom is 0.250 e. The minimum absolute atomic E-state index is 0.0922. The van der Waals surface area contributed by atoms with Gasteiger partial charge in [0.15, 0.2) is 0 Å². The molecule has 1 aromatic heterocycles. The van der Waals surface area contributed by atoms with E-state index in [-0.39, 0.29) is 6.04 Å². The van der Waals surface area contributed by atoms with Gasteiger partial charge in [-0.2, -0.15) is 0 Å². The van der Waals surface area contributed by atoms with Gasteiger partial charge in [-0.15, -0.1) is 11.3 Å². The van der Waals surface area contributed by atoms with Crippen molar-refractivity contribution in [2.75, 3.05) is 0 Å². The molecule has 1 fully saturated rings. The van der Waals surface area contributed by atoms with E-state index in [0.717, 1.165) is 36.5 Å². The van der Waals surface area contributed by atoms with Crippen molar-refractivity contribution in [2.24, 2.45) is 11.7 Å². The fourth-order valence-electron chi connectivity index (χ4n) is 2.27. The highest BCUT2D eigenvalue weighted by atomic mass is 32.2. The van der Waals surface area contributed by atoms with Crippen LogP contribution in [0.1, 0.15) is 37.5 Å². The molecular weight excluding hydrogens is 268 g/mol. The molecule has 0 bridgehead atoms. The van der Waals surface area contributed by atoms with Crippen molar-refractivity contribution in [1.29, 1.82) is 0 Å². The molecule has 0 spiro atoms. The first kappa shape index (κ1) is 14.0. The van der Waals surface area contributed by atoms with Crippen LogP contribution in [0.4, 0.5) is 0 Å². The van der Waals surface area contributed by atoms with Crippen molar-refractivity contribution in [3.8, 4) is 0 Å². The predicted octanol–water partition coefficient (Wildman–Crippen LogP) is 2.06. The number of rotatable bonds is 4. The summed E-state index contributed by atoms with van der Waals surface area (Å²) in [7, 11) is -3.35. The van der Waals surface area contributed by atoms with Crippen molar-refractivity contribution in [1.82, 2.24) is 4.72 Å². The highest BCUT2D eigenvalue weighted by molar-refractivity contribution is 7.91. The third kappa shape index (κ3) is 3.32. The molecule has 1 aliphatic rings. The van der Waals surface area contributed by atoms with Gasteiger partial charge in [-0.3, -0.25) is 0 Å². The Balaban J connectivity index is 2.03. The van der Waals surface area contributed by atoms with E-state index in [1.54, 1.807) is 12.1 Å². The van der Waals surface area contributed by atoms with E-state index >= 15 is 0 Å². The lowest BCUT2D eigenvalue weighted by Crippen LogP contribution is -2.36. The van der Waals surface area contributed by atoms with Crippen LogP contribution in [-0.4, -0.2) is 14.5 Å². The Morgan fingerprint density at radius 3 is 2.56 bits per heavy atom. The van der Waals surface area contributed by atoms with Crippen LogP contribution in [-0.2, 0) is 16.6 Å². The van der Waals surface area contributed by atoms with Crippen LogP contribution in [0.25, 0.3) is 0 Å². The Hall–Kier alpha value is -0.430. The monoisotopic (exact) mass is 288 g/mol. The van der Waals surface area contributed by atoms with Crippen molar-refractivity contribution >= 4 is 21.4 Å². The third-order valence-corrected chi connectivity index (χ3v) is 6.56. The molecule has 6 heteroatoms. The Morgan fingerprint density at radius 1 is 1.33 bits per heavy atom. The number of nitrogens with one attached hydrogen (secondary N) is 1. The summed E-state index contributed by atoms with van der Waals surface area (Å²) in [5.41, 5.74) is 5.50. The third-order valence-electron chi connectivity index (χ3n) is 3.44. The zero-order valence-corrected chi connectivity index (χ0v) is 12.2. The summed E-state index contributed by atoms with van der Waals surface area (Å²) >= 11 is 1.25. The van der Waals surface area contributed by atoms with Crippen LogP contribution >= 0.6 is 11.3 Å². The smallest absolute Gasteiger partial charge is 0.250 e. The maximum atomic E-state index is 12.2. The van der Waals surface area contributed by atoms with Crippen molar-refractivity contribution in [2.45, 2.75) is 49.4 Å². The van der Waals surface area contributed by atoms with Crippen LogP contribution in [0.15, 0.2) is 16.3 Å². The van der Waals surface area contributed by atoms with E-state index in [1.165, 1.54) is 11.3 Å². The number of hydrogen-bond donors (Lipinski definition) is 2. The summed E-state index contributed by atoms with van der Waals surface area (Å²) in [6.45, 7) is 2.61. The number of thiophene rings is 1. The fraction of sp³-hybridized carbons (Fsp3) is 0.667. The Labute approximate surface area is 113 Å². The molecule has 18 heavy (non-hydrogen) atoms. The van der Waals surface area contributed by atoms with Gasteiger partial charge < -0.3 is 5.73 Å². The molecule has 1 saturated carbocycles. The number of hydrogen-bond acceptors (Lipinski definition) is 4. The minimum atomic E-state index is -3.35. The summed E-state index contributed by atoms with van der Waals surface area (Å²) in [6, 6.07) is 3.51. The maximum absolute atomic E-state index is 12.2. The largest absolute Gasteiger partial charge is 0.326 e. The zero-order valence-electron chi connectivity index (χ0n) is 10.6. The summed E-state index contributed by atoms with van der Waals surface area (Å²) in [5.74, 6) is 0.719. The molecule has 0 aliphatic heterocycles. The van der Waals surface area contributed by atoms with Crippen LogP contribution in [0.3, 0.4) is 0 Å². The molecule has 1 aromatic rings. The van der Waals surface area contributed by atoms with Crippen LogP contribution in [0.2, 0.25) is 0 Å². The van der Waals surface area contributed by atoms with Crippen molar-refractivity contribution in [3.05, 3.63) is 17.0 Å². The van der Waals surface area contributed by atoms with Crippen molar-refractivity contribution < 1.29 is 8.42 Å². The van der Waals surface area contributed by atoms with Gasteiger partial charge in [0.2, 0.25) is 10.0 Å². The number of nitrogens with two attached hydrogens (primary N) is 1. The van der Waals surface area contributed by atoms with Gasteiger partial charge in [0, 0.05) is 17.5 Å². The normalized spacial score (nSPS) is 25.2.